The zero-order valence-electron chi connectivity index (χ0n) is 8.99. The van der Waals surface area contributed by atoms with E-state index in [1.807, 2.05) is 0 Å². The Morgan fingerprint density at radius 1 is 1.24 bits per heavy atom. The molecule has 1 atom stereocenters. The summed E-state index contributed by atoms with van der Waals surface area (Å²) >= 11 is 7.50. The fourth-order valence-electron chi connectivity index (χ4n) is 1.61. The third-order valence-corrected chi connectivity index (χ3v) is 4.95. The van der Waals surface area contributed by atoms with E-state index in [2.05, 4.69) is 80.3 Å². The van der Waals surface area contributed by atoms with E-state index in [1.165, 1.54) is 14.0 Å². The Morgan fingerprint density at radius 3 is 2.47 bits per heavy atom. The monoisotopic (exact) mass is 422 g/mol. The number of benzene rings is 1. The maximum atomic E-state index is 5.63. The van der Waals surface area contributed by atoms with Crippen LogP contribution in [0.1, 0.15) is 16.5 Å². The smallest absolute Gasteiger partial charge is 0.0702 e. The number of rotatable bonds is 4. The number of hydrazine groups is 1. The molecular weight excluding hydrogens is 411 g/mol. The van der Waals surface area contributed by atoms with Crippen molar-refractivity contribution in [2.24, 2.45) is 5.84 Å². The molecule has 2 nitrogen and oxygen atoms in total. The Labute approximate surface area is 127 Å². The highest BCUT2D eigenvalue weighted by Crippen LogP contribution is 2.28. The first-order valence-electron chi connectivity index (χ1n) is 5.15. The van der Waals surface area contributed by atoms with Crippen LogP contribution in [0.3, 0.4) is 0 Å². The summed E-state index contributed by atoms with van der Waals surface area (Å²) < 4.78 is 2.39. The summed E-state index contributed by atoms with van der Waals surface area (Å²) in [6.07, 6.45) is 0.903. The van der Waals surface area contributed by atoms with Gasteiger partial charge in [-0.25, -0.2) is 0 Å². The van der Waals surface area contributed by atoms with Crippen molar-refractivity contribution in [1.82, 2.24) is 5.43 Å². The molecule has 3 N–H and O–H groups in total. The van der Waals surface area contributed by atoms with Crippen LogP contribution in [0.25, 0.3) is 0 Å². The first kappa shape index (κ1) is 13.5. The Kier molecular flexibility index (Phi) is 4.98. The van der Waals surface area contributed by atoms with Crippen molar-refractivity contribution >= 4 is 49.9 Å². The Balaban J connectivity index is 2.12. The second-order valence-electron chi connectivity index (χ2n) is 3.69. The SMILES string of the molecule is NNC(Cc1ccc(I)cc1)c1ccc(Br)s1. The van der Waals surface area contributed by atoms with Crippen LogP contribution in [0.15, 0.2) is 40.2 Å². The Morgan fingerprint density at radius 2 is 1.94 bits per heavy atom. The summed E-state index contributed by atoms with van der Waals surface area (Å²) in [5.41, 5.74) is 4.17. The highest BCUT2D eigenvalue weighted by Gasteiger charge is 2.12. The summed E-state index contributed by atoms with van der Waals surface area (Å²) in [4.78, 5) is 1.25. The summed E-state index contributed by atoms with van der Waals surface area (Å²) in [6.45, 7) is 0. The van der Waals surface area contributed by atoms with Gasteiger partial charge >= 0.3 is 0 Å². The van der Waals surface area contributed by atoms with Gasteiger partial charge in [0.15, 0.2) is 0 Å². The van der Waals surface area contributed by atoms with Gasteiger partial charge in [-0.3, -0.25) is 11.3 Å². The lowest BCUT2D eigenvalue weighted by molar-refractivity contribution is 0.560. The molecule has 5 heteroatoms. The van der Waals surface area contributed by atoms with Gasteiger partial charge in [-0.1, -0.05) is 12.1 Å². The average molecular weight is 423 g/mol. The van der Waals surface area contributed by atoms with Gasteiger partial charge in [-0.05, 0) is 74.8 Å². The normalized spacial score (nSPS) is 12.6. The minimum absolute atomic E-state index is 0.173. The number of hydrogen-bond acceptors (Lipinski definition) is 3. The summed E-state index contributed by atoms with van der Waals surface area (Å²) in [7, 11) is 0. The second-order valence-corrected chi connectivity index (χ2v) is 7.43. The van der Waals surface area contributed by atoms with E-state index in [1.54, 1.807) is 11.3 Å². The van der Waals surface area contributed by atoms with Crippen molar-refractivity contribution < 1.29 is 0 Å². The first-order chi connectivity index (χ1) is 8.19. The number of nitrogens with two attached hydrogens (primary N) is 1. The highest BCUT2D eigenvalue weighted by atomic mass is 127. The number of nitrogens with one attached hydrogen (secondary N) is 1. The minimum Gasteiger partial charge on any atom is -0.271 e. The molecule has 0 radical (unpaired) electrons. The molecule has 0 aliphatic heterocycles. The van der Waals surface area contributed by atoms with Crippen LogP contribution in [0.4, 0.5) is 0 Å². The fraction of sp³-hybridized carbons (Fsp3) is 0.167. The van der Waals surface area contributed by atoms with Crippen molar-refractivity contribution in [3.8, 4) is 0 Å². The van der Waals surface area contributed by atoms with Crippen LogP contribution in [-0.4, -0.2) is 0 Å². The molecule has 2 rings (SSSR count). The zero-order chi connectivity index (χ0) is 12.3. The second kappa shape index (κ2) is 6.29. The number of halogens is 2. The molecular formula is C12H12BrIN2S. The van der Waals surface area contributed by atoms with Crippen LogP contribution in [0.2, 0.25) is 0 Å². The van der Waals surface area contributed by atoms with Gasteiger partial charge in [0.25, 0.3) is 0 Å². The molecule has 17 heavy (non-hydrogen) atoms. The lowest BCUT2D eigenvalue weighted by atomic mass is 10.1. The topological polar surface area (TPSA) is 38.0 Å². The van der Waals surface area contributed by atoms with Crippen molar-refractivity contribution in [1.29, 1.82) is 0 Å². The molecule has 0 spiro atoms. The lowest BCUT2D eigenvalue weighted by Crippen LogP contribution is -2.28. The van der Waals surface area contributed by atoms with Gasteiger partial charge in [-0.15, -0.1) is 11.3 Å². The molecule has 0 aliphatic rings. The van der Waals surface area contributed by atoms with Crippen molar-refractivity contribution in [3.05, 3.63) is 54.2 Å². The largest absolute Gasteiger partial charge is 0.271 e. The zero-order valence-corrected chi connectivity index (χ0v) is 13.6. The molecule has 0 saturated heterocycles. The number of hydrogen-bond donors (Lipinski definition) is 2. The summed E-state index contributed by atoms with van der Waals surface area (Å²) in [5, 5.41) is 0. The summed E-state index contributed by atoms with van der Waals surface area (Å²) in [6, 6.07) is 12.9. The lowest BCUT2D eigenvalue weighted by Gasteiger charge is -2.14. The Bertz CT molecular complexity index is 484. The summed E-state index contributed by atoms with van der Waals surface area (Å²) in [5.74, 6) is 5.63. The molecule has 1 heterocycles. The van der Waals surface area contributed by atoms with Crippen molar-refractivity contribution in [2.75, 3.05) is 0 Å². The molecule has 1 aromatic carbocycles. The van der Waals surface area contributed by atoms with Crippen LogP contribution in [-0.2, 0) is 6.42 Å². The van der Waals surface area contributed by atoms with Crippen LogP contribution >= 0.6 is 49.9 Å². The predicted molar refractivity (Wildman–Crippen MR) is 84.9 cm³/mol. The average Bonchev–Trinajstić information content (AvgIpc) is 2.75. The van der Waals surface area contributed by atoms with E-state index in [4.69, 9.17) is 5.84 Å². The van der Waals surface area contributed by atoms with Crippen molar-refractivity contribution in [3.63, 3.8) is 0 Å². The highest BCUT2D eigenvalue weighted by molar-refractivity contribution is 14.1. The van der Waals surface area contributed by atoms with E-state index >= 15 is 0 Å². The van der Waals surface area contributed by atoms with Gasteiger partial charge in [0, 0.05) is 8.45 Å². The molecule has 0 saturated carbocycles. The third-order valence-electron chi connectivity index (χ3n) is 2.49. The quantitative estimate of drug-likeness (QED) is 0.446. The standard InChI is InChI=1S/C12H12BrIN2S/c13-12-6-5-11(17-12)10(16-15)7-8-1-3-9(14)4-2-8/h1-6,10,16H,7,15H2. The molecule has 90 valence electrons. The predicted octanol–water partition coefficient (Wildman–Crippen LogP) is 3.86. The van der Waals surface area contributed by atoms with Gasteiger partial charge in [0.1, 0.15) is 0 Å². The molecule has 1 unspecified atom stereocenters. The molecule has 0 aliphatic carbocycles. The van der Waals surface area contributed by atoms with Crippen LogP contribution in [0, 0.1) is 3.57 Å². The molecule has 0 fully saturated rings. The molecule has 0 bridgehead atoms. The maximum Gasteiger partial charge on any atom is 0.0702 e. The van der Waals surface area contributed by atoms with Gasteiger partial charge < -0.3 is 0 Å². The first-order valence-corrected chi connectivity index (χ1v) is 7.83. The molecule has 2 aromatic rings. The molecule has 0 amide bonds. The maximum absolute atomic E-state index is 5.63. The fourth-order valence-corrected chi connectivity index (χ4v) is 3.46. The number of thiophene rings is 1. The van der Waals surface area contributed by atoms with Crippen LogP contribution in [0.5, 0.6) is 0 Å². The minimum atomic E-state index is 0.173. The van der Waals surface area contributed by atoms with E-state index in [9.17, 15) is 0 Å². The Hall–Kier alpha value is 0.0500. The molecule has 1 aromatic heterocycles. The third kappa shape index (κ3) is 3.75. The van der Waals surface area contributed by atoms with Crippen LogP contribution < -0.4 is 11.3 Å². The van der Waals surface area contributed by atoms with Gasteiger partial charge in [0.2, 0.25) is 0 Å². The van der Waals surface area contributed by atoms with Gasteiger partial charge in [0.05, 0.1) is 9.83 Å². The van der Waals surface area contributed by atoms with E-state index in [0.29, 0.717) is 0 Å². The van der Waals surface area contributed by atoms with E-state index in [0.717, 1.165) is 10.2 Å². The van der Waals surface area contributed by atoms with E-state index < -0.39 is 0 Å². The van der Waals surface area contributed by atoms with Crippen molar-refractivity contribution in [2.45, 2.75) is 12.5 Å². The van der Waals surface area contributed by atoms with E-state index in [-0.39, 0.29) is 6.04 Å². The van der Waals surface area contributed by atoms with Gasteiger partial charge in [-0.2, -0.15) is 0 Å².